The van der Waals surface area contributed by atoms with Crippen molar-refractivity contribution in [3.05, 3.63) is 71.3 Å². The van der Waals surface area contributed by atoms with Gasteiger partial charge >= 0.3 is 0 Å². The Morgan fingerprint density at radius 2 is 2.15 bits per heavy atom. The molecule has 1 aliphatic heterocycles. The van der Waals surface area contributed by atoms with E-state index in [1.54, 1.807) is 18.1 Å². The Morgan fingerprint density at radius 1 is 1.26 bits per heavy atom. The zero-order valence-electron chi connectivity index (χ0n) is 15.1. The van der Waals surface area contributed by atoms with E-state index >= 15 is 0 Å². The molecular formula is C19H19N7O. The number of hydrogen-bond acceptors (Lipinski definition) is 4. The van der Waals surface area contributed by atoms with Gasteiger partial charge in [0.2, 0.25) is 0 Å². The van der Waals surface area contributed by atoms with Gasteiger partial charge in [0, 0.05) is 31.9 Å². The molecule has 0 spiro atoms. The Morgan fingerprint density at radius 3 is 2.93 bits per heavy atom. The maximum Gasteiger partial charge on any atom is 0.273 e. The lowest BCUT2D eigenvalue weighted by Crippen LogP contribution is -2.41. The van der Waals surface area contributed by atoms with Gasteiger partial charge in [-0.15, -0.1) is 0 Å². The highest BCUT2D eigenvalue weighted by Crippen LogP contribution is 2.34. The van der Waals surface area contributed by atoms with Gasteiger partial charge in [-0.1, -0.05) is 6.07 Å². The first-order valence-corrected chi connectivity index (χ1v) is 8.90. The molecule has 136 valence electrons. The molecule has 0 saturated heterocycles. The summed E-state index contributed by atoms with van der Waals surface area (Å²) in [5.41, 5.74) is 5.10. The molecule has 0 aliphatic carbocycles. The molecule has 5 heterocycles. The van der Waals surface area contributed by atoms with Crippen LogP contribution in [0.3, 0.4) is 0 Å². The molecule has 8 nitrogen and oxygen atoms in total. The Balaban J connectivity index is 1.64. The van der Waals surface area contributed by atoms with Crippen LogP contribution in [0.2, 0.25) is 0 Å². The maximum atomic E-state index is 13.4. The molecule has 0 bridgehead atoms. The van der Waals surface area contributed by atoms with E-state index in [2.05, 4.69) is 15.1 Å². The van der Waals surface area contributed by atoms with Crippen molar-refractivity contribution in [1.82, 2.24) is 34.3 Å². The van der Waals surface area contributed by atoms with Crippen molar-refractivity contribution >= 4 is 11.4 Å². The van der Waals surface area contributed by atoms with Crippen molar-refractivity contribution in [2.45, 2.75) is 19.4 Å². The number of aryl methyl sites for hydroxylation is 2. The lowest BCUT2D eigenvalue weighted by Gasteiger charge is -2.33. The number of imidazole rings is 1. The van der Waals surface area contributed by atoms with Crippen LogP contribution >= 0.6 is 0 Å². The molecular weight excluding hydrogens is 342 g/mol. The van der Waals surface area contributed by atoms with Crippen molar-refractivity contribution in [2.24, 2.45) is 7.05 Å². The second kappa shape index (κ2) is 5.80. The summed E-state index contributed by atoms with van der Waals surface area (Å²) in [6, 6.07) is 9.42. The van der Waals surface area contributed by atoms with Gasteiger partial charge in [-0.2, -0.15) is 10.2 Å². The topological polar surface area (TPSA) is 84.1 Å². The van der Waals surface area contributed by atoms with Crippen LogP contribution in [0, 0.1) is 6.92 Å². The number of amides is 1. The fraction of sp³-hybridized carbons (Fsp3) is 0.263. The fourth-order valence-electron chi connectivity index (χ4n) is 3.84. The Hall–Kier alpha value is -3.42. The molecule has 0 aromatic carbocycles. The maximum absolute atomic E-state index is 13.4. The molecule has 0 saturated carbocycles. The van der Waals surface area contributed by atoms with Gasteiger partial charge in [-0.25, -0.2) is 9.50 Å². The average molecular weight is 361 g/mol. The van der Waals surface area contributed by atoms with Gasteiger partial charge in [0.1, 0.15) is 11.7 Å². The van der Waals surface area contributed by atoms with Gasteiger partial charge in [0.15, 0.2) is 0 Å². The highest BCUT2D eigenvalue weighted by atomic mass is 16.2. The van der Waals surface area contributed by atoms with Crippen LogP contribution < -0.4 is 0 Å². The molecule has 1 atom stereocenters. The van der Waals surface area contributed by atoms with Crippen molar-refractivity contribution in [3.8, 4) is 0 Å². The van der Waals surface area contributed by atoms with Crippen LogP contribution in [0.25, 0.3) is 5.52 Å². The van der Waals surface area contributed by atoms with Crippen LogP contribution in [-0.2, 0) is 13.5 Å². The Labute approximate surface area is 155 Å². The number of carbonyl (C=O) groups excluding carboxylic acids is 1. The van der Waals surface area contributed by atoms with Crippen LogP contribution in [0.15, 0.2) is 42.9 Å². The number of hydrogen-bond donors (Lipinski definition) is 1. The van der Waals surface area contributed by atoms with Crippen molar-refractivity contribution < 1.29 is 4.79 Å². The number of nitrogens with zero attached hydrogens (tertiary/aromatic N) is 6. The largest absolute Gasteiger partial charge is 0.348 e. The van der Waals surface area contributed by atoms with E-state index < -0.39 is 0 Å². The number of fused-ring (bicyclic) bond motifs is 2. The average Bonchev–Trinajstić information content (AvgIpc) is 3.37. The van der Waals surface area contributed by atoms with E-state index in [-0.39, 0.29) is 11.9 Å². The number of nitrogens with one attached hydrogen (secondary N) is 1. The molecule has 1 aliphatic rings. The van der Waals surface area contributed by atoms with E-state index in [0.29, 0.717) is 12.2 Å². The van der Waals surface area contributed by atoms with E-state index in [0.717, 1.165) is 34.7 Å². The van der Waals surface area contributed by atoms with Gasteiger partial charge in [0.25, 0.3) is 5.91 Å². The smallest absolute Gasteiger partial charge is 0.273 e. The highest BCUT2D eigenvalue weighted by Gasteiger charge is 2.37. The molecule has 1 amide bonds. The summed E-state index contributed by atoms with van der Waals surface area (Å²) in [6.45, 7) is 2.48. The number of carbonyl (C=O) groups is 1. The monoisotopic (exact) mass is 361 g/mol. The molecule has 0 unspecified atom stereocenters. The number of aromatic amines is 1. The molecule has 4 aromatic heterocycles. The second-order valence-electron chi connectivity index (χ2n) is 6.85. The van der Waals surface area contributed by atoms with Crippen molar-refractivity contribution in [3.63, 3.8) is 0 Å². The first kappa shape index (κ1) is 15.8. The van der Waals surface area contributed by atoms with Crippen LogP contribution in [-0.4, -0.2) is 46.7 Å². The summed E-state index contributed by atoms with van der Waals surface area (Å²) >= 11 is 0. The lowest BCUT2D eigenvalue weighted by atomic mass is 9.99. The normalized spacial score (nSPS) is 16.7. The highest BCUT2D eigenvalue weighted by molar-refractivity contribution is 5.93. The van der Waals surface area contributed by atoms with E-state index in [1.165, 1.54) is 0 Å². The summed E-state index contributed by atoms with van der Waals surface area (Å²) in [4.78, 5) is 22.9. The number of aromatic nitrogens is 6. The first-order valence-electron chi connectivity index (χ1n) is 8.90. The summed E-state index contributed by atoms with van der Waals surface area (Å²) in [6.07, 6.45) is 4.33. The van der Waals surface area contributed by atoms with E-state index in [9.17, 15) is 4.79 Å². The minimum atomic E-state index is -0.331. The molecule has 0 radical (unpaired) electrons. The second-order valence-corrected chi connectivity index (χ2v) is 6.85. The number of pyridine rings is 1. The van der Waals surface area contributed by atoms with Crippen molar-refractivity contribution in [1.29, 1.82) is 0 Å². The SMILES string of the molecule is Cc1cc(C(=O)N2CCc3[nH]cnc3[C@H]2c2cc3ccccn3n2)n(C)n1. The van der Waals surface area contributed by atoms with Gasteiger partial charge in [-0.05, 0) is 31.2 Å². The molecule has 1 N–H and O–H groups in total. The zero-order valence-corrected chi connectivity index (χ0v) is 15.1. The van der Waals surface area contributed by atoms with Crippen LogP contribution in [0.4, 0.5) is 0 Å². The molecule has 0 fully saturated rings. The van der Waals surface area contributed by atoms with Crippen LogP contribution in [0.1, 0.15) is 39.3 Å². The third-order valence-corrected chi connectivity index (χ3v) is 5.08. The molecule has 5 rings (SSSR count). The summed E-state index contributed by atoms with van der Waals surface area (Å²) in [5.74, 6) is -0.0613. The van der Waals surface area contributed by atoms with Gasteiger partial charge < -0.3 is 9.88 Å². The Kier molecular flexibility index (Phi) is 3.40. The predicted octanol–water partition coefficient (Wildman–Crippen LogP) is 1.89. The quantitative estimate of drug-likeness (QED) is 0.591. The third kappa shape index (κ3) is 2.44. The summed E-state index contributed by atoms with van der Waals surface area (Å²) < 4.78 is 3.46. The summed E-state index contributed by atoms with van der Waals surface area (Å²) in [5, 5.41) is 9.04. The predicted molar refractivity (Wildman–Crippen MR) is 98.3 cm³/mol. The lowest BCUT2D eigenvalue weighted by molar-refractivity contribution is 0.0675. The number of H-pyrrole nitrogens is 1. The zero-order chi connectivity index (χ0) is 18.5. The molecule has 27 heavy (non-hydrogen) atoms. The molecule has 4 aromatic rings. The standard InChI is InChI=1S/C19H19N7O/c1-12-9-16(24(2)22-12)19(27)25-8-6-14-17(21-11-20-14)18(25)15-10-13-5-3-4-7-26(13)23-15/h3-5,7,9-11,18H,6,8H2,1-2H3,(H,20,21)/t18-/m1/s1. The van der Waals surface area contributed by atoms with Crippen molar-refractivity contribution in [2.75, 3.05) is 6.54 Å². The minimum absolute atomic E-state index is 0.0613. The van der Waals surface area contributed by atoms with E-state index in [1.807, 2.05) is 52.9 Å². The Bertz CT molecular complexity index is 1120. The van der Waals surface area contributed by atoms with Crippen LogP contribution in [0.5, 0.6) is 0 Å². The van der Waals surface area contributed by atoms with Gasteiger partial charge in [0.05, 0.1) is 28.9 Å². The fourth-order valence-corrected chi connectivity index (χ4v) is 3.84. The molecule has 8 heteroatoms. The van der Waals surface area contributed by atoms with E-state index in [4.69, 9.17) is 5.10 Å². The third-order valence-electron chi connectivity index (χ3n) is 5.08. The minimum Gasteiger partial charge on any atom is -0.348 e. The first-order chi connectivity index (χ1) is 13.1. The summed E-state index contributed by atoms with van der Waals surface area (Å²) in [7, 11) is 1.80. The number of rotatable bonds is 2. The van der Waals surface area contributed by atoms with Gasteiger partial charge in [-0.3, -0.25) is 9.48 Å².